The normalized spacial score (nSPS) is 11.3. The van der Waals surface area contributed by atoms with Crippen LogP contribution in [-0.2, 0) is 23.8 Å². The van der Waals surface area contributed by atoms with E-state index in [4.69, 9.17) is 4.52 Å². The molecule has 3 aromatic heterocycles. The van der Waals surface area contributed by atoms with Crippen LogP contribution in [0.3, 0.4) is 0 Å². The van der Waals surface area contributed by atoms with E-state index in [-0.39, 0.29) is 22.6 Å². The maximum atomic E-state index is 13.2. The van der Waals surface area contributed by atoms with Crippen molar-refractivity contribution < 1.29 is 14.1 Å². The van der Waals surface area contributed by atoms with Crippen molar-refractivity contribution in [3.63, 3.8) is 0 Å². The number of thioether (sulfide) groups is 1. The fraction of sp³-hybridized carbons (Fsp3) is 0.226. The van der Waals surface area contributed by atoms with Crippen LogP contribution in [0.25, 0.3) is 11.4 Å². The third kappa shape index (κ3) is 7.42. The van der Waals surface area contributed by atoms with Crippen LogP contribution in [0.1, 0.15) is 32.1 Å². The average molecular weight is 613 g/mol. The highest BCUT2D eigenvalue weighted by molar-refractivity contribution is 7.99. The van der Waals surface area contributed by atoms with Crippen molar-refractivity contribution in [3.05, 3.63) is 101 Å². The summed E-state index contributed by atoms with van der Waals surface area (Å²) in [5.41, 5.74) is 2.13. The SMILES string of the molecule is Cn1c(SCC(=O)Nc2ccc(NC(=O)Nc3cc(C(C)(C)C)on3)cc2)nnc1-c1cccn(Cc2ccccc2)c1=O. The van der Waals surface area contributed by atoms with E-state index < -0.39 is 6.03 Å². The van der Waals surface area contributed by atoms with Crippen LogP contribution in [0.5, 0.6) is 0 Å². The lowest BCUT2D eigenvalue weighted by Crippen LogP contribution is -2.22. The lowest BCUT2D eigenvalue weighted by atomic mass is 9.93. The maximum absolute atomic E-state index is 13.2. The van der Waals surface area contributed by atoms with Gasteiger partial charge in [0.2, 0.25) is 5.91 Å². The first-order valence-corrected chi connectivity index (χ1v) is 14.8. The molecule has 0 saturated heterocycles. The number of benzene rings is 2. The molecular weight excluding hydrogens is 580 g/mol. The van der Waals surface area contributed by atoms with Crippen LogP contribution in [0.15, 0.2) is 93.5 Å². The number of carbonyl (C=O) groups excluding carboxylic acids is 2. The minimum atomic E-state index is -0.472. The quantitative estimate of drug-likeness (QED) is 0.189. The number of urea groups is 1. The molecule has 3 heterocycles. The summed E-state index contributed by atoms with van der Waals surface area (Å²) in [6.07, 6.45) is 1.74. The lowest BCUT2D eigenvalue weighted by Gasteiger charge is -2.12. The van der Waals surface area contributed by atoms with Crippen LogP contribution < -0.4 is 21.5 Å². The molecule has 44 heavy (non-hydrogen) atoms. The number of carbonyl (C=O) groups is 2. The molecule has 0 fully saturated rings. The zero-order valence-corrected chi connectivity index (χ0v) is 25.5. The van der Waals surface area contributed by atoms with Gasteiger partial charge in [-0.2, -0.15) is 0 Å². The molecule has 13 heteroatoms. The van der Waals surface area contributed by atoms with Crippen molar-refractivity contribution in [2.24, 2.45) is 7.05 Å². The second-order valence-electron chi connectivity index (χ2n) is 11.0. The third-order valence-electron chi connectivity index (χ3n) is 6.54. The van der Waals surface area contributed by atoms with Crippen LogP contribution in [0.4, 0.5) is 22.0 Å². The number of nitrogens with zero attached hydrogens (tertiary/aromatic N) is 5. The molecule has 0 saturated carbocycles. The van der Waals surface area contributed by atoms with E-state index in [9.17, 15) is 14.4 Å². The van der Waals surface area contributed by atoms with E-state index in [0.717, 1.165) is 5.56 Å². The van der Waals surface area contributed by atoms with Gasteiger partial charge in [-0.3, -0.25) is 14.9 Å². The highest BCUT2D eigenvalue weighted by Gasteiger charge is 2.20. The topological polar surface area (TPSA) is 149 Å². The van der Waals surface area contributed by atoms with Crippen LogP contribution in [0.2, 0.25) is 0 Å². The first-order chi connectivity index (χ1) is 21.1. The molecular formula is C31H32N8O4S. The Bertz CT molecular complexity index is 1820. The van der Waals surface area contributed by atoms with Gasteiger partial charge in [-0.15, -0.1) is 10.2 Å². The Morgan fingerprint density at radius 3 is 2.30 bits per heavy atom. The second-order valence-corrected chi connectivity index (χ2v) is 12.0. The zero-order valence-electron chi connectivity index (χ0n) is 24.7. The third-order valence-corrected chi connectivity index (χ3v) is 7.56. The van der Waals surface area contributed by atoms with E-state index in [1.165, 1.54) is 11.8 Å². The maximum Gasteiger partial charge on any atom is 0.324 e. The zero-order chi connectivity index (χ0) is 31.3. The molecule has 226 valence electrons. The second kappa shape index (κ2) is 13.0. The van der Waals surface area contributed by atoms with Gasteiger partial charge in [0.15, 0.2) is 16.8 Å². The fourth-order valence-electron chi connectivity index (χ4n) is 4.22. The van der Waals surface area contributed by atoms with E-state index in [1.54, 1.807) is 64.8 Å². The minimum absolute atomic E-state index is 0.0790. The van der Waals surface area contributed by atoms with Crippen LogP contribution in [0, 0.1) is 0 Å². The summed E-state index contributed by atoms with van der Waals surface area (Å²) in [5, 5.41) is 21.0. The molecule has 12 nitrogen and oxygen atoms in total. The van der Waals surface area contributed by atoms with E-state index >= 15 is 0 Å². The molecule has 2 aromatic carbocycles. The molecule has 0 atom stereocenters. The predicted octanol–water partition coefficient (Wildman–Crippen LogP) is 5.35. The van der Waals surface area contributed by atoms with Gasteiger partial charge in [0.1, 0.15) is 5.76 Å². The smallest absolute Gasteiger partial charge is 0.324 e. The molecule has 3 N–H and O–H groups in total. The van der Waals surface area contributed by atoms with Gasteiger partial charge in [0.05, 0.1) is 17.9 Å². The van der Waals surface area contributed by atoms with E-state index in [1.807, 2.05) is 51.1 Å². The number of rotatable bonds is 9. The van der Waals surface area contributed by atoms with Crippen molar-refractivity contribution in [1.82, 2.24) is 24.5 Å². The minimum Gasteiger partial charge on any atom is -0.359 e. The number of hydrogen-bond acceptors (Lipinski definition) is 8. The molecule has 3 amide bonds. The number of anilines is 3. The number of pyridine rings is 1. The molecule has 0 aliphatic carbocycles. The molecule has 0 aliphatic heterocycles. The summed E-state index contributed by atoms with van der Waals surface area (Å²) < 4.78 is 8.61. The van der Waals surface area contributed by atoms with Gasteiger partial charge in [-0.05, 0) is 42.0 Å². The van der Waals surface area contributed by atoms with Crippen molar-refractivity contribution in [3.8, 4) is 11.4 Å². The predicted molar refractivity (Wildman–Crippen MR) is 170 cm³/mol. The number of hydrogen-bond donors (Lipinski definition) is 3. The number of aromatic nitrogens is 5. The highest BCUT2D eigenvalue weighted by Crippen LogP contribution is 2.25. The summed E-state index contributed by atoms with van der Waals surface area (Å²) >= 11 is 1.21. The first kappa shape index (κ1) is 30.3. The van der Waals surface area contributed by atoms with E-state index in [0.29, 0.717) is 46.0 Å². The number of amides is 3. The molecule has 5 aromatic rings. The van der Waals surface area contributed by atoms with Gasteiger partial charge in [0, 0.05) is 36.1 Å². The Morgan fingerprint density at radius 1 is 0.909 bits per heavy atom. The van der Waals surface area contributed by atoms with Crippen molar-refractivity contribution in [1.29, 1.82) is 0 Å². The average Bonchev–Trinajstić information content (AvgIpc) is 3.61. The van der Waals surface area contributed by atoms with Gasteiger partial charge in [0.25, 0.3) is 5.56 Å². The summed E-state index contributed by atoms with van der Waals surface area (Å²) in [6, 6.07) is 21.2. The van der Waals surface area contributed by atoms with Crippen LogP contribution in [-0.4, -0.2) is 42.2 Å². The Hall–Kier alpha value is -5.17. The van der Waals surface area contributed by atoms with Crippen LogP contribution >= 0.6 is 11.8 Å². The van der Waals surface area contributed by atoms with E-state index in [2.05, 4.69) is 31.3 Å². The summed E-state index contributed by atoms with van der Waals surface area (Å²) in [7, 11) is 1.76. The standard InChI is InChI=1S/C31H32N8O4S/c1-31(2,3)24-17-25(37-43-24)34-29(42)33-22-14-12-21(13-15-22)32-26(40)19-44-30-36-35-27(38(30)4)23-11-8-16-39(28(23)41)18-20-9-6-5-7-10-20/h5-17H,18-19H2,1-4H3,(H,32,40)(H2,33,34,37,42). The number of nitrogens with one attached hydrogen (secondary N) is 3. The lowest BCUT2D eigenvalue weighted by molar-refractivity contribution is -0.113. The van der Waals surface area contributed by atoms with Gasteiger partial charge in [-0.25, -0.2) is 4.79 Å². The van der Waals surface area contributed by atoms with Gasteiger partial charge in [-0.1, -0.05) is 68.0 Å². The molecule has 0 spiro atoms. The Morgan fingerprint density at radius 2 is 1.61 bits per heavy atom. The van der Waals surface area contributed by atoms with Crippen molar-refractivity contribution in [2.75, 3.05) is 21.7 Å². The first-order valence-electron chi connectivity index (χ1n) is 13.8. The summed E-state index contributed by atoms with van der Waals surface area (Å²) in [5.74, 6) is 1.23. The Labute approximate surface area is 257 Å². The molecule has 5 rings (SSSR count). The Kier molecular flexibility index (Phi) is 8.95. The molecule has 0 unspecified atom stereocenters. The molecule has 0 aliphatic rings. The largest absolute Gasteiger partial charge is 0.359 e. The Balaban J connectivity index is 1.14. The van der Waals surface area contributed by atoms with Gasteiger partial charge < -0.3 is 24.3 Å². The summed E-state index contributed by atoms with van der Waals surface area (Å²) in [4.78, 5) is 38.2. The van der Waals surface area contributed by atoms with Crippen molar-refractivity contribution >= 4 is 40.9 Å². The fourth-order valence-corrected chi connectivity index (χ4v) is 4.93. The highest BCUT2D eigenvalue weighted by atomic mass is 32.2. The molecule has 0 radical (unpaired) electrons. The van der Waals surface area contributed by atoms with Gasteiger partial charge >= 0.3 is 6.03 Å². The summed E-state index contributed by atoms with van der Waals surface area (Å²) in [6.45, 7) is 6.40. The monoisotopic (exact) mass is 612 g/mol. The molecule has 0 bridgehead atoms. The van der Waals surface area contributed by atoms with Crippen molar-refractivity contribution in [2.45, 2.75) is 37.9 Å².